The van der Waals surface area contributed by atoms with E-state index in [1.165, 1.54) is 19.2 Å². The fraction of sp³-hybridized carbons (Fsp3) is 0.556. The van der Waals surface area contributed by atoms with Crippen LogP contribution >= 0.6 is 0 Å². The number of likely N-dealkylation sites (tertiary alicyclic amines) is 1. The van der Waals surface area contributed by atoms with Crippen LogP contribution in [0.1, 0.15) is 38.7 Å². The van der Waals surface area contributed by atoms with Crippen LogP contribution in [-0.4, -0.2) is 42.8 Å². The van der Waals surface area contributed by atoms with Crippen molar-refractivity contribution < 1.29 is 23.5 Å². The van der Waals surface area contributed by atoms with Gasteiger partial charge in [0.05, 0.1) is 13.0 Å². The molecular formula is C18H24FNO4. The van der Waals surface area contributed by atoms with Gasteiger partial charge in [0.2, 0.25) is 0 Å². The van der Waals surface area contributed by atoms with E-state index in [1.807, 2.05) is 0 Å². The van der Waals surface area contributed by atoms with Gasteiger partial charge in [0.15, 0.2) is 0 Å². The van der Waals surface area contributed by atoms with Gasteiger partial charge in [-0.15, -0.1) is 0 Å². The average molecular weight is 337 g/mol. The third-order valence-corrected chi connectivity index (χ3v) is 4.05. The highest BCUT2D eigenvalue weighted by Crippen LogP contribution is 2.34. The lowest BCUT2D eigenvalue weighted by Gasteiger charge is -2.38. The molecule has 2 atom stereocenters. The van der Waals surface area contributed by atoms with Crippen molar-refractivity contribution in [2.45, 2.75) is 38.7 Å². The van der Waals surface area contributed by atoms with Crippen molar-refractivity contribution >= 4 is 12.1 Å². The number of carbonyl (C=O) groups is 2. The van der Waals surface area contributed by atoms with E-state index in [0.29, 0.717) is 18.5 Å². The SMILES string of the molecule is COC(=O)[C@H]1CCN(C(=O)OC(C)(C)C)C[C@@H]1c1cccc(F)c1. The van der Waals surface area contributed by atoms with Crippen LogP contribution in [0.25, 0.3) is 0 Å². The summed E-state index contributed by atoms with van der Waals surface area (Å²) in [4.78, 5) is 26.0. The first-order valence-corrected chi connectivity index (χ1v) is 8.02. The molecule has 1 aliphatic heterocycles. The van der Waals surface area contributed by atoms with Gasteiger partial charge in [-0.1, -0.05) is 12.1 Å². The number of benzene rings is 1. The average Bonchev–Trinajstić information content (AvgIpc) is 2.52. The van der Waals surface area contributed by atoms with Gasteiger partial charge in [0.25, 0.3) is 0 Å². The van der Waals surface area contributed by atoms with Gasteiger partial charge < -0.3 is 14.4 Å². The highest BCUT2D eigenvalue weighted by molar-refractivity contribution is 5.75. The fourth-order valence-electron chi connectivity index (χ4n) is 2.95. The predicted octanol–water partition coefficient (Wildman–Crippen LogP) is 3.34. The monoisotopic (exact) mass is 337 g/mol. The fourth-order valence-corrected chi connectivity index (χ4v) is 2.95. The molecule has 0 spiro atoms. The number of rotatable bonds is 2. The number of methoxy groups -OCH3 is 1. The van der Waals surface area contributed by atoms with Crippen LogP contribution in [0, 0.1) is 11.7 Å². The maximum atomic E-state index is 13.6. The smallest absolute Gasteiger partial charge is 0.410 e. The normalized spacial score (nSPS) is 21.3. The second-order valence-electron chi connectivity index (χ2n) is 7.01. The molecule has 0 radical (unpaired) electrons. The molecule has 1 heterocycles. The largest absolute Gasteiger partial charge is 0.469 e. The number of ether oxygens (including phenoxy) is 2. The summed E-state index contributed by atoms with van der Waals surface area (Å²) < 4.78 is 23.9. The molecule has 0 unspecified atom stereocenters. The quantitative estimate of drug-likeness (QED) is 0.777. The van der Waals surface area contributed by atoms with Crippen LogP contribution in [0.2, 0.25) is 0 Å². The molecule has 6 heteroatoms. The summed E-state index contributed by atoms with van der Waals surface area (Å²) in [6, 6.07) is 6.12. The van der Waals surface area contributed by atoms with Crippen LogP contribution in [0.5, 0.6) is 0 Å². The Morgan fingerprint density at radius 2 is 2.00 bits per heavy atom. The van der Waals surface area contributed by atoms with E-state index in [0.717, 1.165) is 0 Å². The second-order valence-corrected chi connectivity index (χ2v) is 7.01. The van der Waals surface area contributed by atoms with Crippen molar-refractivity contribution in [3.63, 3.8) is 0 Å². The molecule has 132 valence electrons. The Balaban J connectivity index is 2.23. The number of esters is 1. The molecule has 24 heavy (non-hydrogen) atoms. The third-order valence-electron chi connectivity index (χ3n) is 4.05. The summed E-state index contributed by atoms with van der Waals surface area (Å²) in [5, 5.41) is 0. The predicted molar refractivity (Wildman–Crippen MR) is 87.1 cm³/mol. The zero-order valence-electron chi connectivity index (χ0n) is 14.5. The number of halogens is 1. The number of nitrogens with zero attached hydrogens (tertiary/aromatic N) is 1. The Kier molecular flexibility index (Phi) is 5.47. The molecule has 0 bridgehead atoms. The van der Waals surface area contributed by atoms with Crippen LogP contribution in [-0.2, 0) is 14.3 Å². The second kappa shape index (κ2) is 7.20. The molecular weight excluding hydrogens is 313 g/mol. The lowest BCUT2D eigenvalue weighted by Crippen LogP contribution is -2.46. The molecule has 1 aromatic rings. The van der Waals surface area contributed by atoms with E-state index in [2.05, 4.69) is 0 Å². The highest BCUT2D eigenvalue weighted by Gasteiger charge is 2.38. The Labute approximate surface area is 141 Å². The molecule has 2 rings (SSSR count). The number of piperidine rings is 1. The summed E-state index contributed by atoms with van der Waals surface area (Å²) in [6.45, 7) is 6.10. The first kappa shape index (κ1) is 18.2. The standard InChI is InChI=1S/C18H24FNO4/c1-18(2,3)24-17(22)20-9-8-14(16(21)23-4)15(11-20)12-6-5-7-13(19)10-12/h5-7,10,14-15H,8-9,11H2,1-4H3/t14-,15+/m0/s1. The number of amides is 1. The molecule has 0 N–H and O–H groups in total. The van der Waals surface area contributed by atoms with E-state index in [1.54, 1.807) is 37.8 Å². The van der Waals surface area contributed by atoms with E-state index in [9.17, 15) is 14.0 Å². The first-order chi connectivity index (χ1) is 11.2. The Morgan fingerprint density at radius 3 is 2.58 bits per heavy atom. The van der Waals surface area contributed by atoms with Crippen LogP contribution in [0.15, 0.2) is 24.3 Å². The Bertz CT molecular complexity index is 611. The molecule has 0 saturated carbocycles. The Morgan fingerprint density at radius 1 is 1.29 bits per heavy atom. The van der Waals surface area contributed by atoms with Crippen LogP contribution in [0.4, 0.5) is 9.18 Å². The molecule has 1 fully saturated rings. The van der Waals surface area contributed by atoms with E-state index in [-0.39, 0.29) is 24.2 Å². The Hall–Kier alpha value is -2.11. The zero-order chi connectivity index (χ0) is 17.9. The van der Waals surface area contributed by atoms with Gasteiger partial charge in [-0.05, 0) is 44.9 Å². The zero-order valence-corrected chi connectivity index (χ0v) is 14.5. The molecule has 5 nitrogen and oxygen atoms in total. The van der Waals surface area contributed by atoms with Crippen molar-refractivity contribution in [2.75, 3.05) is 20.2 Å². The molecule has 1 saturated heterocycles. The van der Waals surface area contributed by atoms with Gasteiger partial charge >= 0.3 is 12.1 Å². The molecule has 1 aliphatic rings. The molecule has 1 aromatic carbocycles. The van der Waals surface area contributed by atoms with Crippen molar-refractivity contribution in [3.8, 4) is 0 Å². The minimum absolute atomic E-state index is 0.290. The van der Waals surface area contributed by atoms with E-state index >= 15 is 0 Å². The van der Waals surface area contributed by atoms with Crippen molar-refractivity contribution in [2.24, 2.45) is 5.92 Å². The van der Waals surface area contributed by atoms with E-state index < -0.39 is 17.6 Å². The number of hydrogen-bond acceptors (Lipinski definition) is 4. The summed E-state index contributed by atoms with van der Waals surface area (Å²) >= 11 is 0. The third kappa shape index (κ3) is 4.46. The van der Waals surface area contributed by atoms with Crippen molar-refractivity contribution in [3.05, 3.63) is 35.6 Å². The van der Waals surface area contributed by atoms with Crippen LogP contribution < -0.4 is 0 Å². The lowest BCUT2D eigenvalue weighted by molar-refractivity contribution is -0.147. The summed E-state index contributed by atoms with van der Waals surface area (Å²) in [5.74, 6) is -1.44. The maximum Gasteiger partial charge on any atom is 0.410 e. The van der Waals surface area contributed by atoms with Gasteiger partial charge in [-0.3, -0.25) is 4.79 Å². The minimum atomic E-state index is -0.593. The summed E-state index contributed by atoms with van der Waals surface area (Å²) in [5.41, 5.74) is 0.0867. The highest BCUT2D eigenvalue weighted by atomic mass is 19.1. The molecule has 0 aromatic heterocycles. The number of carbonyl (C=O) groups excluding carboxylic acids is 2. The minimum Gasteiger partial charge on any atom is -0.469 e. The molecule has 0 aliphatic carbocycles. The topological polar surface area (TPSA) is 55.8 Å². The van der Waals surface area contributed by atoms with Crippen LogP contribution in [0.3, 0.4) is 0 Å². The van der Waals surface area contributed by atoms with E-state index in [4.69, 9.17) is 9.47 Å². The first-order valence-electron chi connectivity index (χ1n) is 8.02. The summed E-state index contributed by atoms with van der Waals surface area (Å²) in [6.07, 6.45) is 0.0276. The molecule has 1 amide bonds. The van der Waals surface area contributed by atoms with Gasteiger partial charge in [0.1, 0.15) is 11.4 Å². The van der Waals surface area contributed by atoms with Gasteiger partial charge in [-0.25, -0.2) is 9.18 Å². The maximum absolute atomic E-state index is 13.6. The van der Waals surface area contributed by atoms with Crippen molar-refractivity contribution in [1.82, 2.24) is 4.90 Å². The van der Waals surface area contributed by atoms with Crippen molar-refractivity contribution in [1.29, 1.82) is 0 Å². The van der Waals surface area contributed by atoms with Gasteiger partial charge in [0, 0.05) is 19.0 Å². The van der Waals surface area contributed by atoms with Gasteiger partial charge in [-0.2, -0.15) is 0 Å². The number of hydrogen-bond donors (Lipinski definition) is 0. The summed E-state index contributed by atoms with van der Waals surface area (Å²) in [7, 11) is 1.34. The lowest BCUT2D eigenvalue weighted by atomic mass is 9.80.